The Morgan fingerprint density at radius 1 is 1.05 bits per heavy atom. The third-order valence-electron chi connectivity index (χ3n) is 8.52. The summed E-state index contributed by atoms with van der Waals surface area (Å²) < 4.78 is 26.6. The Bertz CT molecular complexity index is 1320. The lowest BCUT2D eigenvalue weighted by Gasteiger charge is -2.41. The second-order valence-electron chi connectivity index (χ2n) is 11.9. The summed E-state index contributed by atoms with van der Waals surface area (Å²) in [6.07, 6.45) is 4.92. The third kappa shape index (κ3) is 5.06. The van der Waals surface area contributed by atoms with Crippen molar-refractivity contribution in [1.29, 1.82) is 0 Å². The fourth-order valence-corrected chi connectivity index (χ4v) is 7.40. The van der Waals surface area contributed by atoms with Crippen LogP contribution in [0.4, 0.5) is 5.69 Å². The van der Waals surface area contributed by atoms with E-state index in [0.29, 0.717) is 38.9 Å². The lowest BCUT2D eigenvalue weighted by Crippen LogP contribution is -2.58. The molecular formula is C29H38N4O4S. The van der Waals surface area contributed by atoms with Gasteiger partial charge in [0.1, 0.15) is 6.04 Å². The molecule has 3 N–H and O–H groups in total. The fraction of sp³-hybridized carbons (Fsp3) is 0.517. The minimum atomic E-state index is -3.40. The summed E-state index contributed by atoms with van der Waals surface area (Å²) in [6.45, 7) is 4.70. The molecule has 0 bridgehead atoms. The Hall–Kier alpha value is -2.91. The van der Waals surface area contributed by atoms with Gasteiger partial charge in [-0.05, 0) is 74.6 Å². The zero-order valence-corrected chi connectivity index (χ0v) is 23.3. The van der Waals surface area contributed by atoms with Gasteiger partial charge in [0.15, 0.2) is 0 Å². The molecule has 1 atom stereocenters. The fourth-order valence-electron chi connectivity index (χ4n) is 6.40. The lowest BCUT2D eigenvalue weighted by molar-refractivity contribution is -0.139. The number of hydrogen-bond donors (Lipinski definition) is 2. The minimum absolute atomic E-state index is 0.0837. The van der Waals surface area contributed by atoms with Crippen LogP contribution in [0.1, 0.15) is 49.8 Å². The largest absolute Gasteiger partial charge is 0.343 e. The van der Waals surface area contributed by atoms with E-state index in [9.17, 15) is 18.0 Å². The predicted molar refractivity (Wildman–Crippen MR) is 148 cm³/mol. The van der Waals surface area contributed by atoms with Gasteiger partial charge < -0.3 is 16.0 Å². The molecule has 2 aromatic rings. The van der Waals surface area contributed by atoms with Crippen molar-refractivity contribution >= 4 is 27.5 Å². The van der Waals surface area contributed by atoms with Gasteiger partial charge in [-0.15, -0.1) is 0 Å². The van der Waals surface area contributed by atoms with E-state index < -0.39 is 21.6 Å². The van der Waals surface area contributed by atoms with Crippen LogP contribution in [0.15, 0.2) is 48.5 Å². The Kier molecular flexibility index (Phi) is 6.80. The van der Waals surface area contributed by atoms with Crippen molar-refractivity contribution in [2.24, 2.45) is 11.7 Å². The molecule has 0 aromatic heterocycles. The normalized spacial score (nSPS) is 19.8. The number of carbonyl (C=O) groups is 2. The number of piperidine rings is 1. The summed E-state index contributed by atoms with van der Waals surface area (Å²) in [6, 6.07) is 15.4. The number of benzene rings is 2. The van der Waals surface area contributed by atoms with E-state index in [2.05, 4.69) is 17.4 Å². The maximum atomic E-state index is 13.9. The number of likely N-dealkylation sites (tertiary alicyclic amines) is 1. The van der Waals surface area contributed by atoms with E-state index in [1.54, 1.807) is 13.8 Å². The van der Waals surface area contributed by atoms with Gasteiger partial charge in [0.05, 0.1) is 17.5 Å². The molecule has 38 heavy (non-hydrogen) atoms. The second kappa shape index (κ2) is 9.68. The summed E-state index contributed by atoms with van der Waals surface area (Å²) in [5, 5.41) is 2.97. The van der Waals surface area contributed by atoms with Crippen molar-refractivity contribution in [3.63, 3.8) is 0 Å². The molecule has 2 aromatic carbocycles. The van der Waals surface area contributed by atoms with E-state index >= 15 is 0 Å². The number of amides is 2. The van der Waals surface area contributed by atoms with Gasteiger partial charge in [0.25, 0.3) is 0 Å². The highest BCUT2D eigenvalue weighted by molar-refractivity contribution is 7.92. The molecule has 1 fully saturated rings. The van der Waals surface area contributed by atoms with E-state index in [4.69, 9.17) is 5.73 Å². The van der Waals surface area contributed by atoms with Crippen LogP contribution in [0.25, 0.3) is 0 Å². The molecule has 1 aliphatic carbocycles. The molecule has 2 heterocycles. The second-order valence-corrected chi connectivity index (χ2v) is 13.8. The van der Waals surface area contributed by atoms with Gasteiger partial charge >= 0.3 is 0 Å². The molecule has 3 aliphatic rings. The molecular weight excluding hydrogens is 500 g/mol. The van der Waals surface area contributed by atoms with Gasteiger partial charge in [-0.2, -0.15) is 0 Å². The van der Waals surface area contributed by atoms with Gasteiger partial charge in [-0.3, -0.25) is 13.9 Å². The molecule has 1 saturated heterocycles. The molecule has 1 unspecified atom stereocenters. The zero-order valence-electron chi connectivity index (χ0n) is 22.4. The van der Waals surface area contributed by atoms with E-state index in [1.165, 1.54) is 21.7 Å². The molecule has 1 spiro atoms. The lowest BCUT2D eigenvalue weighted by atomic mass is 9.74. The maximum Gasteiger partial charge on any atom is 0.245 e. The molecule has 2 amide bonds. The van der Waals surface area contributed by atoms with Crippen LogP contribution in [0.2, 0.25) is 0 Å². The highest BCUT2D eigenvalue weighted by Gasteiger charge is 2.48. The van der Waals surface area contributed by atoms with Gasteiger partial charge in [0.2, 0.25) is 21.8 Å². The maximum absolute atomic E-state index is 13.9. The number of sulfonamides is 1. The van der Waals surface area contributed by atoms with Crippen molar-refractivity contribution in [1.82, 2.24) is 10.2 Å². The van der Waals surface area contributed by atoms with Crippen LogP contribution in [0.3, 0.4) is 0 Å². The Balaban J connectivity index is 1.32. The van der Waals surface area contributed by atoms with Crippen LogP contribution < -0.4 is 15.4 Å². The number of nitrogens with one attached hydrogen (secondary N) is 1. The first-order valence-corrected chi connectivity index (χ1v) is 15.2. The number of para-hydroxylation sites is 1. The first-order valence-electron chi connectivity index (χ1n) is 13.4. The van der Waals surface area contributed by atoms with E-state index in [1.807, 2.05) is 41.3 Å². The first kappa shape index (κ1) is 26.7. The van der Waals surface area contributed by atoms with E-state index in [0.717, 1.165) is 24.1 Å². The van der Waals surface area contributed by atoms with Crippen LogP contribution in [0, 0.1) is 5.92 Å². The van der Waals surface area contributed by atoms with E-state index in [-0.39, 0.29) is 23.1 Å². The first-order chi connectivity index (χ1) is 17.9. The molecule has 2 aliphatic heterocycles. The number of nitrogens with two attached hydrogens (primary N) is 1. The quantitative estimate of drug-likeness (QED) is 0.586. The number of nitrogens with zero attached hydrogens (tertiary/aromatic N) is 2. The average Bonchev–Trinajstić information content (AvgIpc) is 3.42. The summed E-state index contributed by atoms with van der Waals surface area (Å²) in [5.74, 6) is -0.156. The van der Waals surface area contributed by atoms with Crippen molar-refractivity contribution in [2.45, 2.75) is 62.9 Å². The highest BCUT2D eigenvalue weighted by Crippen LogP contribution is 2.47. The third-order valence-corrected chi connectivity index (χ3v) is 9.64. The summed E-state index contributed by atoms with van der Waals surface area (Å²) in [7, 11) is -3.40. The summed E-state index contributed by atoms with van der Waals surface area (Å²) >= 11 is 0. The van der Waals surface area contributed by atoms with Gasteiger partial charge in [-0.25, -0.2) is 8.42 Å². The monoisotopic (exact) mass is 538 g/mol. The smallest absolute Gasteiger partial charge is 0.245 e. The minimum Gasteiger partial charge on any atom is -0.343 e. The van der Waals surface area contributed by atoms with Gasteiger partial charge in [-0.1, -0.05) is 42.5 Å². The number of anilines is 1. The standard InChI is InChI=1S/C29H38N4O4S/c1-28(2,30)27(35)31-24(18-20-16-21-8-4-5-9-22(21)17-20)26(34)32-14-12-29(13-15-32)19-33(38(3,36)37)25-11-7-6-10-23(25)29/h4-11,20,24H,12-19,30H2,1-3H3,(H,31,35). The number of fused-ring (bicyclic) bond motifs is 3. The summed E-state index contributed by atoms with van der Waals surface area (Å²) in [5.41, 5.74) is 9.05. The number of rotatable bonds is 6. The van der Waals surface area contributed by atoms with Crippen LogP contribution in [-0.2, 0) is 37.9 Å². The van der Waals surface area contributed by atoms with Crippen molar-refractivity contribution in [2.75, 3.05) is 30.2 Å². The topological polar surface area (TPSA) is 113 Å². The van der Waals surface area contributed by atoms with Crippen LogP contribution >= 0.6 is 0 Å². The highest BCUT2D eigenvalue weighted by atomic mass is 32.2. The average molecular weight is 539 g/mol. The zero-order chi connectivity index (χ0) is 27.3. The molecule has 5 rings (SSSR count). The SMILES string of the molecule is CC(C)(N)C(=O)NC(CC1Cc2ccccc2C1)C(=O)N1CCC2(CC1)CN(S(C)(=O)=O)c1ccccc12. The number of carbonyl (C=O) groups excluding carboxylic acids is 2. The molecule has 8 nitrogen and oxygen atoms in total. The predicted octanol–water partition coefficient (Wildman–Crippen LogP) is 2.35. The van der Waals surface area contributed by atoms with Crippen LogP contribution in [0.5, 0.6) is 0 Å². The molecule has 204 valence electrons. The van der Waals surface area contributed by atoms with Gasteiger partial charge in [0, 0.05) is 25.0 Å². The Morgan fingerprint density at radius 2 is 1.63 bits per heavy atom. The Labute approximate surface area is 225 Å². The molecule has 0 radical (unpaired) electrons. The van der Waals surface area contributed by atoms with Crippen LogP contribution in [-0.4, -0.2) is 62.6 Å². The molecule has 9 heteroatoms. The summed E-state index contributed by atoms with van der Waals surface area (Å²) in [4.78, 5) is 28.6. The van der Waals surface area contributed by atoms with Crippen molar-refractivity contribution < 1.29 is 18.0 Å². The van der Waals surface area contributed by atoms with Crippen molar-refractivity contribution in [3.05, 3.63) is 65.2 Å². The molecule has 0 saturated carbocycles. The Morgan fingerprint density at radius 3 is 2.21 bits per heavy atom. The van der Waals surface area contributed by atoms with Crippen molar-refractivity contribution in [3.8, 4) is 0 Å². The number of hydrogen-bond acceptors (Lipinski definition) is 5.